The molecule has 0 saturated carbocycles. The number of anilines is 1. The van der Waals surface area contributed by atoms with Gasteiger partial charge in [0.05, 0.1) is 18.1 Å². The van der Waals surface area contributed by atoms with E-state index in [1.165, 1.54) is 24.5 Å². The Kier molecular flexibility index (Phi) is 7.14. The Morgan fingerprint density at radius 1 is 1.29 bits per heavy atom. The molecule has 1 aromatic heterocycles. The van der Waals surface area contributed by atoms with Crippen molar-refractivity contribution in [2.45, 2.75) is 38.6 Å². The molecule has 1 atom stereocenters. The number of aliphatic carboxylic acids is 1. The highest BCUT2D eigenvalue weighted by Crippen LogP contribution is 2.16. The molecular weight excluding hydrogens is 352 g/mol. The van der Waals surface area contributed by atoms with Crippen LogP contribution in [0.15, 0.2) is 48.3 Å². The first-order chi connectivity index (χ1) is 13.6. The van der Waals surface area contributed by atoms with Crippen molar-refractivity contribution in [3.63, 3.8) is 0 Å². The van der Waals surface area contributed by atoms with Gasteiger partial charge in [-0.3, -0.25) is 4.98 Å². The highest BCUT2D eigenvalue weighted by molar-refractivity contribution is 5.91. The minimum Gasteiger partial charge on any atom is -0.478 e. The number of carboxylic acid groups (broad SMARTS) is 1. The number of rotatable bonds is 8. The summed E-state index contributed by atoms with van der Waals surface area (Å²) in [6.45, 7) is 4.81. The van der Waals surface area contributed by atoms with E-state index >= 15 is 0 Å². The maximum Gasteiger partial charge on any atom is 0.331 e. The number of carboxylic acids is 1. The minimum atomic E-state index is -0.946. The second-order valence-electron chi connectivity index (χ2n) is 7.33. The average Bonchev–Trinajstić information content (AvgIpc) is 2.70. The first-order valence-corrected chi connectivity index (χ1v) is 9.86. The molecule has 2 N–H and O–H groups in total. The average molecular weight is 380 g/mol. The van der Waals surface area contributed by atoms with Gasteiger partial charge in [0.2, 0.25) is 0 Å². The largest absolute Gasteiger partial charge is 0.478 e. The number of aryl methyl sites for hydroxylation is 1. The smallest absolute Gasteiger partial charge is 0.331 e. The number of carbonyl (C=O) groups is 1. The third-order valence-electron chi connectivity index (χ3n) is 5.01. The summed E-state index contributed by atoms with van der Waals surface area (Å²) in [6.07, 6.45) is 9.39. The monoisotopic (exact) mass is 380 g/mol. The molecule has 0 bridgehead atoms. The van der Waals surface area contributed by atoms with Gasteiger partial charge in [0.1, 0.15) is 5.82 Å². The Bertz CT molecular complexity index is 790. The maximum absolute atomic E-state index is 10.9. The van der Waals surface area contributed by atoms with Gasteiger partial charge < -0.3 is 15.3 Å². The summed E-state index contributed by atoms with van der Waals surface area (Å²) in [5.41, 5.74) is 2.20. The summed E-state index contributed by atoms with van der Waals surface area (Å²) in [5, 5.41) is 12.4. The molecule has 28 heavy (non-hydrogen) atoms. The van der Waals surface area contributed by atoms with Crippen LogP contribution in [0.4, 0.5) is 5.82 Å². The Hall–Kier alpha value is -2.73. The van der Waals surface area contributed by atoms with Crippen molar-refractivity contribution >= 4 is 17.9 Å². The fourth-order valence-electron chi connectivity index (χ4n) is 3.51. The van der Waals surface area contributed by atoms with E-state index in [0.717, 1.165) is 38.3 Å². The molecule has 3 rings (SSSR count). The molecule has 6 nitrogen and oxygen atoms in total. The molecule has 2 aromatic rings. The molecule has 0 aliphatic carbocycles. The highest BCUT2D eigenvalue weighted by Gasteiger charge is 2.19. The molecule has 148 valence electrons. The number of hydrogen-bond acceptors (Lipinski definition) is 5. The predicted molar refractivity (Wildman–Crippen MR) is 111 cm³/mol. The summed E-state index contributed by atoms with van der Waals surface area (Å²) in [5.74, 6) is -0.208. The summed E-state index contributed by atoms with van der Waals surface area (Å²) < 4.78 is 0. The van der Waals surface area contributed by atoms with Crippen molar-refractivity contribution in [3.05, 3.63) is 59.6 Å². The lowest BCUT2D eigenvalue weighted by atomic mass is 10.0. The Morgan fingerprint density at radius 2 is 2.11 bits per heavy atom. The number of likely N-dealkylation sites (tertiary alicyclic amines) is 1. The highest BCUT2D eigenvalue weighted by atomic mass is 16.4. The fourth-order valence-corrected chi connectivity index (χ4v) is 3.51. The van der Waals surface area contributed by atoms with E-state index in [2.05, 4.69) is 50.5 Å². The third-order valence-corrected chi connectivity index (χ3v) is 5.01. The number of nitrogens with zero attached hydrogens (tertiary/aromatic N) is 3. The fraction of sp³-hybridized carbons (Fsp3) is 0.409. The van der Waals surface area contributed by atoms with Gasteiger partial charge in [0, 0.05) is 18.2 Å². The predicted octanol–water partition coefficient (Wildman–Crippen LogP) is 3.47. The van der Waals surface area contributed by atoms with Crippen LogP contribution in [0.5, 0.6) is 0 Å². The first kappa shape index (κ1) is 20.0. The molecule has 0 amide bonds. The Labute approximate surface area is 166 Å². The molecule has 6 heteroatoms. The molecule has 0 unspecified atom stereocenters. The van der Waals surface area contributed by atoms with Crippen molar-refractivity contribution in [1.82, 2.24) is 14.9 Å². The van der Waals surface area contributed by atoms with Crippen LogP contribution in [0.25, 0.3) is 6.08 Å². The molecule has 1 fully saturated rings. The van der Waals surface area contributed by atoms with E-state index in [1.807, 2.05) is 0 Å². The lowest BCUT2D eigenvalue weighted by Crippen LogP contribution is -2.42. The molecule has 0 radical (unpaired) electrons. The van der Waals surface area contributed by atoms with Gasteiger partial charge in [-0.25, -0.2) is 9.78 Å². The molecule has 1 saturated heterocycles. The third kappa shape index (κ3) is 6.16. The molecular formula is C22H28N4O2. The Morgan fingerprint density at radius 3 is 2.82 bits per heavy atom. The lowest BCUT2D eigenvalue weighted by Gasteiger charge is -2.33. The molecule has 1 aromatic carbocycles. The van der Waals surface area contributed by atoms with Crippen LogP contribution in [0.1, 0.15) is 37.4 Å². The summed E-state index contributed by atoms with van der Waals surface area (Å²) in [7, 11) is 0. The molecule has 1 aliphatic rings. The summed E-state index contributed by atoms with van der Waals surface area (Å²) in [4.78, 5) is 22.1. The second-order valence-corrected chi connectivity index (χ2v) is 7.33. The summed E-state index contributed by atoms with van der Waals surface area (Å²) >= 11 is 0. The van der Waals surface area contributed by atoms with Gasteiger partial charge in [-0.05, 0) is 57.3 Å². The topological polar surface area (TPSA) is 78.4 Å². The quantitative estimate of drug-likeness (QED) is 0.683. The van der Waals surface area contributed by atoms with E-state index < -0.39 is 5.97 Å². The number of aromatic nitrogens is 2. The normalized spacial score (nSPS) is 18.0. The molecule has 0 spiro atoms. The van der Waals surface area contributed by atoms with E-state index in [1.54, 1.807) is 19.3 Å². The number of nitrogens with one attached hydrogen (secondary N) is 1. The standard InChI is InChI=1S/C22H28N4O2/c1-17(22(27)28)13-20-14-24-21(15-23-20)25-19-10-6-12-26(16-19)11-5-9-18-7-3-2-4-8-18/h2-4,7-8,13-15,19H,5-6,9-12,16H2,1H3,(H,24,25)(H,27,28)/t19-/m1/s1. The van der Waals surface area contributed by atoms with E-state index in [0.29, 0.717) is 11.7 Å². The zero-order valence-electron chi connectivity index (χ0n) is 16.3. The number of benzene rings is 1. The lowest BCUT2D eigenvalue weighted by molar-refractivity contribution is -0.132. The van der Waals surface area contributed by atoms with Gasteiger partial charge in [0.15, 0.2) is 0 Å². The molecule has 1 aliphatic heterocycles. The SMILES string of the molecule is CC(=Cc1cnc(N[C@@H]2CCCN(CCCc3ccccc3)C2)cn1)C(=O)O. The minimum absolute atomic E-state index is 0.244. The second kappa shape index (κ2) is 9.99. The number of piperidine rings is 1. The number of hydrogen-bond donors (Lipinski definition) is 2. The zero-order valence-corrected chi connectivity index (χ0v) is 16.3. The van der Waals surface area contributed by atoms with Gasteiger partial charge in [-0.15, -0.1) is 0 Å². The van der Waals surface area contributed by atoms with Crippen molar-refractivity contribution in [2.24, 2.45) is 0 Å². The summed E-state index contributed by atoms with van der Waals surface area (Å²) in [6, 6.07) is 11.0. The van der Waals surface area contributed by atoms with Crippen molar-refractivity contribution in [2.75, 3.05) is 25.0 Å². The van der Waals surface area contributed by atoms with Gasteiger partial charge >= 0.3 is 5.97 Å². The van der Waals surface area contributed by atoms with E-state index in [9.17, 15) is 4.79 Å². The zero-order chi connectivity index (χ0) is 19.8. The van der Waals surface area contributed by atoms with Crippen LogP contribution >= 0.6 is 0 Å². The van der Waals surface area contributed by atoms with Crippen LogP contribution < -0.4 is 5.32 Å². The van der Waals surface area contributed by atoms with Crippen molar-refractivity contribution in [1.29, 1.82) is 0 Å². The van der Waals surface area contributed by atoms with E-state index in [-0.39, 0.29) is 5.57 Å². The maximum atomic E-state index is 10.9. The van der Waals surface area contributed by atoms with Crippen LogP contribution in [0.2, 0.25) is 0 Å². The molecule has 2 heterocycles. The van der Waals surface area contributed by atoms with Gasteiger partial charge in [-0.1, -0.05) is 30.3 Å². The van der Waals surface area contributed by atoms with Gasteiger partial charge in [0.25, 0.3) is 0 Å². The van der Waals surface area contributed by atoms with Crippen LogP contribution in [0, 0.1) is 0 Å². The van der Waals surface area contributed by atoms with E-state index in [4.69, 9.17) is 5.11 Å². The van der Waals surface area contributed by atoms with Crippen LogP contribution in [0.3, 0.4) is 0 Å². The van der Waals surface area contributed by atoms with Gasteiger partial charge in [-0.2, -0.15) is 0 Å². The van der Waals surface area contributed by atoms with Crippen molar-refractivity contribution in [3.8, 4) is 0 Å². The van der Waals surface area contributed by atoms with Crippen LogP contribution in [-0.4, -0.2) is 51.6 Å². The van der Waals surface area contributed by atoms with Crippen molar-refractivity contribution < 1.29 is 9.90 Å². The Balaban J connectivity index is 1.46. The first-order valence-electron chi connectivity index (χ1n) is 9.86. The van der Waals surface area contributed by atoms with Crippen LogP contribution in [-0.2, 0) is 11.2 Å².